The van der Waals surface area contributed by atoms with Crippen molar-refractivity contribution in [3.05, 3.63) is 58.1 Å². The van der Waals surface area contributed by atoms with Crippen LogP contribution in [0.25, 0.3) is 11.0 Å². The van der Waals surface area contributed by atoms with Gasteiger partial charge in [-0.2, -0.15) is 0 Å². The number of carbonyl (C=O) groups excluding carboxylic acids is 3. The predicted molar refractivity (Wildman–Crippen MR) is 155 cm³/mol. The van der Waals surface area contributed by atoms with E-state index in [0.29, 0.717) is 19.5 Å². The average Bonchev–Trinajstić information content (AvgIpc) is 3.71. The highest BCUT2D eigenvalue weighted by Gasteiger charge is 2.41. The number of amides is 3. The van der Waals surface area contributed by atoms with E-state index in [9.17, 15) is 14.4 Å². The highest BCUT2D eigenvalue weighted by molar-refractivity contribution is 9.10. The van der Waals surface area contributed by atoms with Crippen LogP contribution in [0, 0.1) is 5.92 Å². The molecule has 3 N–H and O–H groups in total. The Hall–Kier alpha value is -3.31. The molecule has 1 aromatic heterocycles. The number of halogens is 1. The number of nitrogens with two attached hydrogens (primary N) is 1. The van der Waals surface area contributed by atoms with Crippen LogP contribution in [0.5, 0.6) is 0 Å². The molecule has 11 heteroatoms. The zero-order chi connectivity index (χ0) is 28.2. The Kier molecular flexibility index (Phi) is 8.80. The summed E-state index contributed by atoms with van der Waals surface area (Å²) in [4.78, 5) is 43.0. The minimum Gasteiger partial charge on any atom is -0.350 e. The molecule has 0 spiro atoms. The molecule has 3 aromatic rings. The number of rotatable bonds is 9. The molecule has 0 saturated carbocycles. The number of aromatic nitrogens is 3. The monoisotopic (exact) mass is 609 g/mol. The van der Waals surface area contributed by atoms with Gasteiger partial charge >= 0.3 is 0 Å². The molecule has 3 atom stereocenters. The number of aryl methyl sites for hydroxylation is 1. The van der Waals surface area contributed by atoms with E-state index in [2.05, 4.69) is 43.7 Å². The van der Waals surface area contributed by atoms with Crippen molar-refractivity contribution >= 4 is 44.7 Å². The number of nitrogens with zero attached hydrogens (tertiary/aromatic N) is 5. The second-order valence-corrected chi connectivity index (χ2v) is 11.8. The third kappa shape index (κ3) is 6.52. The quantitative estimate of drug-likeness (QED) is 0.384. The van der Waals surface area contributed by atoms with Crippen molar-refractivity contribution in [3.63, 3.8) is 0 Å². The minimum absolute atomic E-state index is 0.0454. The summed E-state index contributed by atoms with van der Waals surface area (Å²) in [6.45, 7) is 2.31. The van der Waals surface area contributed by atoms with Gasteiger partial charge in [-0.15, -0.1) is 5.10 Å². The zero-order valence-electron chi connectivity index (χ0n) is 22.8. The molecule has 0 aliphatic carbocycles. The van der Waals surface area contributed by atoms with Crippen LogP contribution in [-0.2, 0) is 34.4 Å². The van der Waals surface area contributed by atoms with Crippen LogP contribution < -0.4 is 11.1 Å². The van der Waals surface area contributed by atoms with Gasteiger partial charge in [0.15, 0.2) is 0 Å². The van der Waals surface area contributed by atoms with Crippen LogP contribution >= 0.6 is 15.9 Å². The lowest BCUT2D eigenvalue weighted by molar-refractivity contribution is -0.140. The largest absolute Gasteiger partial charge is 0.350 e. The Morgan fingerprint density at radius 2 is 1.93 bits per heavy atom. The van der Waals surface area contributed by atoms with Crippen molar-refractivity contribution in [1.29, 1.82) is 0 Å². The van der Waals surface area contributed by atoms with Crippen LogP contribution in [0.15, 0.2) is 46.9 Å². The summed E-state index contributed by atoms with van der Waals surface area (Å²) < 4.78 is 2.70. The van der Waals surface area contributed by atoms with Gasteiger partial charge in [-0.1, -0.05) is 39.3 Å². The summed E-state index contributed by atoms with van der Waals surface area (Å²) >= 11 is 3.53. The van der Waals surface area contributed by atoms with E-state index >= 15 is 0 Å². The molecule has 2 saturated heterocycles. The van der Waals surface area contributed by atoms with E-state index < -0.39 is 12.1 Å². The summed E-state index contributed by atoms with van der Waals surface area (Å²) in [6, 6.07) is 12.4. The number of nitrogens with one attached hydrogen (secondary N) is 1. The van der Waals surface area contributed by atoms with Gasteiger partial charge in [0.2, 0.25) is 17.7 Å². The SMILES string of the molecule is Cn1nnc2cc(CNC(=O)[C@@H]3C[C@@H](Cc4cccc(Br)c4)CN3C(=O)[C@H](N)CCC(=O)N3CCCC3)ccc21. The molecule has 0 unspecified atom stereocenters. The first-order valence-corrected chi connectivity index (χ1v) is 14.7. The van der Waals surface area contributed by atoms with Crippen LogP contribution in [0.4, 0.5) is 0 Å². The smallest absolute Gasteiger partial charge is 0.243 e. The fourth-order valence-corrected chi connectivity index (χ4v) is 6.25. The maximum Gasteiger partial charge on any atom is 0.243 e. The number of hydrogen-bond acceptors (Lipinski definition) is 6. The average molecular weight is 611 g/mol. The van der Waals surface area contributed by atoms with Crippen molar-refractivity contribution in [2.24, 2.45) is 18.7 Å². The Labute approximate surface area is 242 Å². The van der Waals surface area contributed by atoms with Gasteiger partial charge in [-0.25, -0.2) is 4.68 Å². The van der Waals surface area contributed by atoms with E-state index in [1.165, 1.54) is 0 Å². The van der Waals surface area contributed by atoms with Crippen molar-refractivity contribution in [1.82, 2.24) is 30.1 Å². The second-order valence-electron chi connectivity index (χ2n) is 10.9. The van der Waals surface area contributed by atoms with E-state index in [-0.39, 0.29) is 36.5 Å². The van der Waals surface area contributed by atoms with Crippen molar-refractivity contribution in [3.8, 4) is 0 Å². The normalized spacial score (nSPS) is 19.8. The Morgan fingerprint density at radius 3 is 2.70 bits per heavy atom. The maximum atomic E-state index is 13.5. The third-order valence-electron chi connectivity index (χ3n) is 7.97. The summed E-state index contributed by atoms with van der Waals surface area (Å²) in [5.41, 5.74) is 10.0. The van der Waals surface area contributed by atoms with Gasteiger partial charge in [0.25, 0.3) is 0 Å². The molecule has 2 aromatic carbocycles. The topological polar surface area (TPSA) is 126 Å². The molecule has 0 bridgehead atoms. The van der Waals surface area contributed by atoms with Crippen LogP contribution in [0.2, 0.25) is 0 Å². The summed E-state index contributed by atoms with van der Waals surface area (Å²) in [7, 11) is 1.83. The Morgan fingerprint density at radius 1 is 1.12 bits per heavy atom. The highest BCUT2D eigenvalue weighted by Crippen LogP contribution is 2.29. The number of fused-ring (bicyclic) bond motifs is 1. The van der Waals surface area contributed by atoms with Gasteiger partial charge in [0, 0.05) is 44.1 Å². The van der Waals surface area contributed by atoms with E-state index in [4.69, 9.17) is 5.73 Å². The fraction of sp³-hybridized carbons (Fsp3) is 0.483. The second kappa shape index (κ2) is 12.5. The first-order valence-electron chi connectivity index (χ1n) is 13.9. The molecule has 2 aliphatic heterocycles. The number of hydrogen-bond donors (Lipinski definition) is 2. The number of benzene rings is 2. The molecule has 2 fully saturated rings. The maximum absolute atomic E-state index is 13.5. The van der Waals surface area contributed by atoms with Gasteiger partial charge in [-0.3, -0.25) is 14.4 Å². The zero-order valence-corrected chi connectivity index (χ0v) is 24.3. The number of likely N-dealkylation sites (tertiary alicyclic amines) is 2. The van der Waals surface area contributed by atoms with Gasteiger partial charge in [0.05, 0.1) is 11.6 Å². The standard InChI is InChI=1S/C29H36BrN7O3/c1-35-25-9-7-20(15-24(25)33-34-35)17-32-28(39)26-16-21(13-19-5-4-6-22(30)14-19)18-37(26)29(40)23(31)8-10-27(38)36-11-2-3-12-36/h4-7,9,14-15,21,23,26H,2-3,8,10-13,16-18,31H2,1H3,(H,32,39)/t21-,23-,26+/m1/s1. The van der Waals surface area contributed by atoms with Gasteiger partial charge in [-0.05, 0) is 73.4 Å². The summed E-state index contributed by atoms with van der Waals surface area (Å²) in [5.74, 6) is -0.316. The minimum atomic E-state index is -0.828. The summed E-state index contributed by atoms with van der Waals surface area (Å²) in [5, 5.41) is 11.2. The summed E-state index contributed by atoms with van der Waals surface area (Å²) in [6.07, 6.45) is 3.85. The number of carbonyl (C=O) groups is 3. The molecule has 3 heterocycles. The van der Waals surface area contributed by atoms with Crippen molar-refractivity contribution in [2.45, 2.75) is 57.2 Å². The fourth-order valence-electron chi connectivity index (χ4n) is 5.80. The first kappa shape index (κ1) is 28.2. The van der Waals surface area contributed by atoms with Gasteiger partial charge < -0.3 is 20.9 Å². The van der Waals surface area contributed by atoms with Gasteiger partial charge in [0.1, 0.15) is 11.6 Å². The molecule has 212 valence electrons. The van der Waals surface area contributed by atoms with Crippen LogP contribution in [0.3, 0.4) is 0 Å². The molecule has 40 heavy (non-hydrogen) atoms. The molecule has 5 rings (SSSR count). The lowest BCUT2D eigenvalue weighted by atomic mass is 9.96. The van der Waals surface area contributed by atoms with E-state index in [1.54, 1.807) is 9.58 Å². The lowest BCUT2D eigenvalue weighted by Gasteiger charge is -2.27. The molecule has 0 radical (unpaired) electrons. The molecule has 2 aliphatic rings. The molecular weight excluding hydrogens is 574 g/mol. The predicted octanol–water partition coefficient (Wildman–Crippen LogP) is 2.54. The highest BCUT2D eigenvalue weighted by atomic mass is 79.9. The Balaban J connectivity index is 1.25. The molecular formula is C29H36BrN7O3. The van der Waals surface area contributed by atoms with Crippen LogP contribution in [-0.4, -0.2) is 74.2 Å². The van der Waals surface area contributed by atoms with Crippen molar-refractivity contribution < 1.29 is 14.4 Å². The van der Waals surface area contributed by atoms with E-state index in [0.717, 1.165) is 59.0 Å². The molecule has 10 nitrogen and oxygen atoms in total. The van der Waals surface area contributed by atoms with Crippen LogP contribution in [0.1, 0.15) is 43.2 Å². The third-order valence-corrected chi connectivity index (χ3v) is 8.47. The van der Waals surface area contributed by atoms with Crippen molar-refractivity contribution in [2.75, 3.05) is 19.6 Å². The Bertz CT molecular complexity index is 1390. The molecule has 3 amide bonds. The first-order chi connectivity index (χ1) is 19.3. The lowest BCUT2D eigenvalue weighted by Crippen LogP contribution is -2.51. The van der Waals surface area contributed by atoms with E-state index in [1.807, 2.05) is 42.3 Å².